The van der Waals surface area contributed by atoms with Crippen LogP contribution in [0.1, 0.15) is 19.4 Å². The zero-order chi connectivity index (χ0) is 9.72. The van der Waals surface area contributed by atoms with Crippen LogP contribution in [-0.4, -0.2) is 0 Å². The molecule has 0 spiro atoms. The van der Waals surface area contributed by atoms with E-state index < -0.39 is 11.6 Å². The van der Waals surface area contributed by atoms with Gasteiger partial charge in [0.25, 0.3) is 0 Å². The summed E-state index contributed by atoms with van der Waals surface area (Å²) in [7, 11) is 0. The van der Waals surface area contributed by atoms with Crippen molar-refractivity contribution in [2.45, 2.75) is 20.8 Å². The highest BCUT2D eigenvalue weighted by atomic mass is 79.9. The minimum absolute atomic E-state index is 0.0585. The van der Waals surface area contributed by atoms with Crippen LogP contribution < -0.4 is 0 Å². The molecule has 0 atom stereocenters. The summed E-state index contributed by atoms with van der Waals surface area (Å²) in [5.41, 5.74) is 0.0585. The van der Waals surface area contributed by atoms with E-state index in [1.54, 1.807) is 0 Å². The molecule has 0 aliphatic rings. The predicted octanol–water partition coefficient (Wildman–Crippen LogP) is 4.06. The Hall–Kier alpha value is -0.440. The molecule has 0 bridgehead atoms. The average molecular weight is 237 g/mol. The normalized spacial score (nSPS) is 8.83. The Labute approximate surface area is 79.7 Å². The van der Waals surface area contributed by atoms with Gasteiger partial charge in [-0.15, -0.1) is 0 Å². The van der Waals surface area contributed by atoms with Gasteiger partial charge in [-0.05, 0) is 19.1 Å². The summed E-state index contributed by atoms with van der Waals surface area (Å²) in [5, 5.41) is 0. The summed E-state index contributed by atoms with van der Waals surface area (Å²) in [4.78, 5) is 0. The van der Waals surface area contributed by atoms with Crippen molar-refractivity contribution >= 4 is 15.9 Å². The van der Waals surface area contributed by atoms with E-state index in [0.29, 0.717) is 4.47 Å². The fraction of sp³-hybridized carbons (Fsp3) is 0.333. The van der Waals surface area contributed by atoms with Crippen LogP contribution >= 0.6 is 15.9 Å². The fourth-order valence-electron chi connectivity index (χ4n) is 0.614. The summed E-state index contributed by atoms with van der Waals surface area (Å²) in [6.07, 6.45) is 0. The number of benzene rings is 1. The van der Waals surface area contributed by atoms with Crippen molar-refractivity contribution in [3.63, 3.8) is 0 Å². The van der Waals surface area contributed by atoms with Crippen molar-refractivity contribution in [2.75, 3.05) is 0 Å². The molecule has 0 saturated carbocycles. The highest BCUT2D eigenvalue weighted by Gasteiger charge is 2.03. The highest BCUT2D eigenvalue weighted by molar-refractivity contribution is 9.10. The molecule has 68 valence electrons. The monoisotopic (exact) mass is 236 g/mol. The zero-order valence-electron chi connectivity index (χ0n) is 7.29. The van der Waals surface area contributed by atoms with Crippen molar-refractivity contribution < 1.29 is 8.78 Å². The molecule has 0 saturated heterocycles. The summed E-state index contributed by atoms with van der Waals surface area (Å²) < 4.78 is 25.6. The molecule has 12 heavy (non-hydrogen) atoms. The second-order valence-corrected chi connectivity index (χ2v) is 2.91. The summed E-state index contributed by atoms with van der Waals surface area (Å²) in [6, 6.07) is 2.47. The minimum Gasteiger partial charge on any atom is -0.207 e. The molecule has 1 rings (SSSR count). The molecule has 0 aromatic heterocycles. The van der Waals surface area contributed by atoms with Crippen LogP contribution in [0, 0.1) is 18.6 Å². The van der Waals surface area contributed by atoms with Gasteiger partial charge in [-0.2, -0.15) is 0 Å². The first-order valence-corrected chi connectivity index (χ1v) is 4.51. The first-order chi connectivity index (χ1) is 5.61. The maximum atomic E-state index is 12.6. The van der Waals surface area contributed by atoms with Gasteiger partial charge in [-0.1, -0.05) is 29.8 Å². The maximum Gasteiger partial charge on any atom is 0.130 e. The van der Waals surface area contributed by atoms with E-state index in [2.05, 4.69) is 15.9 Å². The first kappa shape index (κ1) is 11.6. The van der Waals surface area contributed by atoms with E-state index in [4.69, 9.17) is 0 Å². The SMILES string of the molecule is CC.Cc1c(F)cc(Br)cc1F. The van der Waals surface area contributed by atoms with Gasteiger partial charge >= 0.3 is 0 Å². The van der Waals surface area contributed by atoms with Crippen LogP contribution in [0.2, 0.25) is 0 Å². The molecule has 0 fully saturated rings. The first-order valence-electron chi connectivity index (χ1n) is 3.72. The van der Waals surface area contributed by atoms with Gasteiger partial charge in [0.1, 0.15) is 11.6 Å². The Balaban J connectivity index is 0.000000561. The molecule has 0 aliphatic heterocycles. The van der Waals surface area contributed by atoms with Gasteiger partial charge in [0, 0.05) is 10.0 Å². The van der Waals surface area contributed by atoms with E-state index in [-0.39, 0.29) is 5.56 Å². The van der Waals surface area contributed by atoms with Gasteiger partial charge in [-0.25, -0.2) is 8.78 Å². The maximum absolute atomic E-state index is 12.6. The van der Waals surface area contributed by atoms with Gasteiger partial charge in [0.05, 0.1) is 0 Å². The minimum atomic E-state index is -0.521. The van der Waals surface area contributed by atoms with Crippen molar-refractivity contribution in [1.82, 2.24) is 0 Å². The van der Waals surface area contributed by atoms with Gasteiger partial charge < -0.3 is 0 Å². The summed E-state index contributed by atoms with van der Waals surface area (Å²) in [6.45, 7) is 5.40. The highest BCUT2D eigenvalue weighted by Crippen LogP contribution is 2.17. The molecule has 3 heteroatoms. The molecule has 0 heterocycles. The second-order valence-electron chi connectivity index (χ2n) is 1.99. The third-order valence-electron chi connectivity index (χ3n) is 1.25. The lowest BCUT2D eigenvalue weighted by atomic mass is 10.2. The van der Waals surface area contributed by atoms with E-state index in [1.165, 1.54) is 19.1 Å². The molecule has 0 radical (unpaired) electrons. The number of hydrogen-bond acceptors (Lipinski definition) is 0. The van der Waals surface area contributed by atoms with Gasteiger partial charge in [-0.3, -0.25) is 0 Å². The lowest BCUT2D eigenvalue weighted by molar-refractivity contribution is 0.566. The van der Waals surface area contributed by atoms with Crippen LogP contribution in [-0.2, 0) is 0 Å². The third kappa shape index (κ3) is 2.89. The Bertz CT molecular complexity index is 236. The Morgan fingerprint density at radius 1 is 1.08 bits per heavy atom. The van der Waals surface area contributed by atoms with Crippen LogP contribution in [0.25, 0.3) is 0 Å². The van der Waals surface area contributed by atoms with Gasteiger partial charge in [0.2, 0.25) is 0 Å². The molecule has 0 amide bonds. The summed E-state index contributed by atoms with van der Waals surface area (Å²) in [5.74, 6) is -1.04. The molecule has 0 unspecified atom stereocenters. The Morgan fingerprint density at radius 2 is 1.42 bits per heavy atom. The third-order valence-corrected chi connectivity index (χ3v) is 1.70. The van der Waals surface area contributed by atoms with E-state index in [0.717, 1.165) is 0 Å². The lowest BCUT2D eigenvalue weighted by Gasteiger charge is -1.97. The van der Waals surface area contributed by atoms with Gasteiger partial charge in [0.15, 0.2) is 0 Å². The van der Waals surface area contributed by atoms with Crippen LogP contribution in [0.4, 0.5) is 8.78 Å². The van der Waals surface area contributed by atoms with Crippen LogP contribution in [0.5, 0.6) is 0 Å². The van der Waals surface area contributed by atoms with E-state index in [1.807, 2.05) is 13.8 Å². The summed E-state index contributed by atoms with van der Waals surface area (Å²) >= 11 is 2.97. The smallest absolute Gasteiger partial charge is 0.130 e. The molecule has 1 aromatic rings. The molecular weight excluding hydrogens is 226 g/mol. The second kappa shape index (κ2) is 5.25. The van der Waals surface area contributed by atoms with Crippen LogP contribution in [0.15, 0.2) is 16.6 Å². The Kier molecular flexibility index (Phi) is 5.06. The average Bonchev–Trinajstić information content (AvgIpc) is 2.04. The largest absolute Gasteiger partial charge is 0.207 e. The lowest BCUT2D eigenvalue weighted by Crippen LogP contribution is -1.87. The van der Waals surface area contributed by atoms with Crippen molar-refractivity contribution in [2.24, 2.45) is 0 Å². The molecule has 0 nitrogen and oxygen atoms in total. The molecule has 1 aromatic carbocycles. The topological polar surface area (TPSA) is 0 Å². The van der Waals surface area contributed by atoms with Crippen molar-refractivity contribution in [3.8, 4) is 0 Å². The quantitative estimate of drug-likeness (QED) is 0.638. The number of rotatable bonds is 0. The Morgan fingerprint density at radius 3 is 1.75 bits per heavy atom. The van der Waals surface area contributed by atoms with Crippen LogP contribution in [0.3, 0.4) is 0 Å². The number of hydrogen-bond donors (Lipinski definition) is 0. The van der Waals surface area contributed by atoms with E-state index >= 15 is 0 Å². The zero-order valence-corrected chi connectivity index (χ0v) is 8.87. The number of halogens is 3. The van der Waals surface area contributed by atoms with E-state index in [9.17, 15) is 8.78 Å². The standard InChI is InChI=1S/C7H5BrF2.C2H6/c1-4-6(9)2-5(8)3-7(4)10;1-2/h2-3H,1H3;1-2H3. The molecular formula is C9H11BrF2. The molecule has 0 aliphatic carbocycles. The molecule has 0 N–H and O–H groups in total. The van der Waals surface area contributed by atoms with Crippen molar-refractivity contribution in [1.29, 1.82) is 0 Å². The predicted molar refractivity (Wildman–Crippen MR) is 50.1 cm³/mol. The van der Waals surface area contributed by atoms with Crippen molar-refractivity contribution in [3.05, 3.63) is 33.8 Å². The fourth-order valence-corrected chi connectivity index (χ4v) is 1.02.